The lowest BCUT2D eigenvalue weighted by atomic mass is 10.1. The fourth-order valence-corrected chi connectivity index (χ4v) is 3.72. The SMILES string of the molecule is O=C(NCc1ccc(OCC(F)(F)F)cc1)C1Cc2ccccc2S1. The molecule has 0 aliphatic carbocycles. The molecule has 0 radical (unpaired) electrons. The largest absolute Gasteiger partial charge is 0.484 e. The van der Waals surface area contributed by atoms with E-state index in [1.807, 2.05) is 24.3 Å². The third kappa shape index (κ3) is 4.92. The van der Waals surface area contributed by atoms with E-state index in [4.69, 9.17) is 0 Å². The van der Waals surface area contributed by atoms with Crippen LogP contribution >= 0.6 is 11.8 Å². The Labute approximate surface area is 147 Å². The van der Waals surface area contributed by atoms with Crippen LogP contribution in [0.15, 0.2) is 53.4 Å². The van der Waals surface area contributed by atoms with E-state index in [0.717, 1.165) is 10.5 Å². The quantitative estimate of drug-likeness (QED) is 0.869. The average molecular weight is 367 g/mol. The van der Waals surface area contributed by atoms with Crippen molar-refractivity contribution in [1.82, 2.24) is 5.32 Å². The molecular weight excluding hydrogens is 351 g/mol. The van der Waals surface area contributed by atoms with E-state index in [-0.39, 0.29) is 16.9 Å². The number of nitrogens with one attached hydrogen (secondary N) is 1. The minimum absolute atomic E-state index is 0.0430. The van der Waals surface area contributed by atoms with E-state index in [0.29, 0.717) is 13.0 Å². The topological polar surface area (TPSA) is 38.3 Å². The number of ether oxygens (including phenoxy) is 1. The number of carbonyl (C=O) groups excluding carboxylic acids is 1. The molecule has 3 rings (SSSR count). The van der Waals surface area contributed by atoms with Gasteiger partial charge in [-0.05, 0) is 35.7 Å². The van der Waals surface area contributed by atoms with E-state index >= 15 is 0 Å². The minimum Gasteiger partial charge on any atom is -0.484 e. The molecule has 0 saturated heterocycles. The van der Waals surface area contributed by atoms with Crippen molar-refractivity contribution in [3.8, 4) is 5.75 Å². The van der Waals surface area contributed by atoms with Crippen molar-refractivity contribution in [1.29, 1.82) is 0 Å². The summed E-state index contributed by atoms with van der Waals surface area (Å²) in [7, 11) is 0. The third-order valence-electron chi connectivity index (χ3n) is 3.73. The van der Waals surface area contributed by atoms with Crippen molar-refractivity contribution in [2.24, 2.45) is 0 Å². The minimum atomic E-state index is -4.36. The van der Waals surface area contributed by atoms with Crippen LogP contribution in [0.3, 0.4) is 0 Å². The first kappa shape index (κ1) is 17.7. The predicted molar refractivity (Wildman–Crippen MR) is 89.6 cm³/mol. The Morgan fingerprint density at radius 3 is 2.56 bits per heavy atom. The normalized spacial score (nSPS) is 16.4. The number of fused-ring (bicyclic) bond motifs is 1. The van der Waals surface area contributed by atoms with Crippen molar-refractivity contribution in [2.75, 3.05) is 6.61 Å². The second-order valence-electron chi connectivity index (χ2n) is 5.68. The summed E-state index contributed by atoms with van der Waals surface area (Å²) in [4.78, 5) is 13.4. The van der Waals surface area contributed by atoms with Gasteiger partial charge >= 0.3 is 6.18 Å². The maximum atomic E-state index is 12.3. The van der Waals surface area contributed by atoms with Crippen LogP contribution in [0.4, 0.5) is 13.2 Å². The van der Waals surface area contributed by atoms with E-state index in [1.165, 1.54) is 17.7 Å². The lowest BCUT2D eigenvalue weighted by molar-refractivity contribution is -0.153. The van der Waals surface area contributed by atoms with Crippen molar-refractivity contribution in [3.05, 3.63) is 59.7 Å². The van der Waals surface area contributed by atoms with Gasteiger partial charge in [0.05, 0.1) is 5.25 Å². The molecule has 2 aromatic carbocycles. The van der Waals surface area contributed by atoms with Gasteiger partial charge in [-0.25, -0.2) is 0 Å². The second kappa shape index (κ2) is 7.39. The molecular formula is C18H16F3NO2S. The fraction of sp³-hybridized carbons (Fsp3) is 0.278. The number of rotatable bonds is 5. The number of thioether (sulfide) groups is 1. The van der Waals surface area contributed by atoms with E-state index in [1.54, 1.807) is 23.9 Å². The molecule has 3 nitrogen and oxygen atoms in total. The highest BCUT2D eigenvalue weighted by atomic mass is 32.2. The Morgan fingerprint density at radius 1 is 1.16 bits per heavy atom. The van der Waals surface area contributed by atoms with Gasteiger partial charge in [0.2, 0.25) is 5.91 Å². The number of hydrogen-bond acceptors (Lipinski definition) is 3. The van der Waals surface area contributed by atoms with Gasteiger partial charge in [0.1, 0.15) is 5.75 Å². The third-order valence-corrected chi connectivity index (χ3v) is 5.05. The Hall–Kier alpha value is -2.15. The Kier molecular flexibility index (Phi) is 5.22. The molecule has 0 spiro atoms. The van der Waals surface area contributed by atoms with Crippen LogP contribution in [-0.2, 0) is 17.8 Å². The summed E-state index contributed by atoms with van der Waals surface area (Å²) in [5, 5.41) is 2.72. The zero-order chi connectivity index (χ0) is 17.9. The summed E-state index contributed by atoms with van der Waals surface area (Å²) in [5.74, 6) is 0.104. The van der Waals surface area contributed by atoms with Crippen molar-refractivity contribution in [2.45, 2.75) is 29.3 Å². The molecule has 2 aromatic rings. The highest BCUT2D eigenvalue weighted by molar-refractivity contribution is 8.01. The zero-order valence-electron chi connectivity index (χ0n) is 13.2. The molecule has 1 aliphatic heterocycles. The van der Waals surface area contributed by atoms with E-state index < -0.39 is 12.8 Å². The first-order chi connectivity index (χ1) is 11.9. The van der Waals surface area contributed by atoms with Gasteiger partial charge in [-0.2, -0.15) is 13.2 Å². The molecule has 1 aliphatic rings. The molecule has 25 heavy (non-hydrogen) atoms. The van der Waals surface area contributed by atoms with Gasteiger partial charge < -0.3 is 10.1 Å². The Morgan fingerprint density at radius 2 is 1.88 bits per heavy atom. The predicted octanol–water partition coefficient (Wildman–Crippen LogP) is 3.96. The lowest BCUT2D eigenvalue weighted by Gasteiger charge is -2.11. The van der Waals surface area contributed by atoms with Gasteiger partial charge in [0.15, 0.2) is 6.61 Å². The Bertz CT molecular complexity index is 722. The molecule has 1 N–H and O–H groups in total. The molecule has 0 saturated carbocycles. The maximum absolute atomic E-state index is 12.3. The molecule has 0 fully saturated rings. The summed E-state index contributed by atoms with van der Waals surface area (Å²) < 4.78 is 41.0. The van der Waals surface area contributed by atoms with Crippen molar-refractivity contribution in [3.63, 3.8) is 0 Å². The van der Waals surface area contributed by atoms with E-state index in [2.05, 4.69) is 10.1 Å². The summed E-state index contributed by atoms with van der Waals surface area (Å²) in [6.45, 7) is -0.992. The molecule has 1 atom stereocenters. The first-order valence-electron chi connectivity index (χ1n) is 7.71. The molecule has 7 heteroatoms. The number of alkyl halides is 3. The maximum Gasteiger partial charge on any atom is 0.422 e. The summed E-state index contributed by atoms with van der Waals surface area (Å²) in [5.41, 5.74) is 1.98. The number of benzene rings is 2. The number of carbonyl (C=O) groups is 1. The van der Waals surface area contributed by atoms with Crippen molar-refractivity contribution >= 4 is 17.7 Å². The summed E-state index contributed by atoms with van der Waals surface area (Å²) in [6, 6.07) is 14.2. The fourth-order valence-electron chi connectivity index (χ4n) is 2.50. The van der Waals surface area contributed by atoms with Gasteiger partial charge in [0, 0.05) is 11.4 Å². The zero-order valence-corrected chi connectivity index (χ0v) is 14.0. The van der Waals surface area contributed by atoms with Crippen LogP contribution < -0.4 is 10.1 Å². The highest BCUT2D eigenvalue weighted by Gasteiger charge is 2.29. The first-order valence-corrected chi connectivity index (χ1v) is 8.59. The summed E-state index contributed by atoms with van der Waals surface area (Å²) in [6.07, 6.45) is -3.65. The lowest BCUT2D eigenvalue weighted by Crippen LogP contribution is -2.31. The molecule has 1 unspecified atom stereocenters. The number of amides is 1. The van der Waals surface area contributed by atoms with Crippen LogP contribution in [0, 0.1) is 0 Å². The molecule has 0 aromatic heterocycles. The average Bonchev–Trinajstić information content (AvgIpc) is 3.02. The van der Waals surface area contributed by atoms with Crippen LogP contribution in [-0.4, -0.2) is 23.9 Å². The van der Waals surface area contributed by atoms with Crippen LogP contribution in [0.5, 0.6) is 5.75 Å². The van der Waals surface area contributed by atoms with Crippen LogP contribution in [0.2, 0.25) is 0 Å². The van der Waals surface area contributed by atoms with Crippen molar-refractivity contribution < 1.29 is 22.7 Å². The smallest absolute Gasteiger partial charge is 0.422 e. The summed E-state index contributed by atoms with van der Waals surface area (Å²) >= 11 is 1.55. The van der Waals surface area contributed by atoms with Gasteiger partial charge in [-0.15, -0.1) is 11.8 Å². The van der Waals surface area contributed by atoms with E-state index in [9.17, 15) is 18.0 Å². The molecule has 1 heterocycles. The number of halogens is 3. The molecule has 1 amide bonds. The van der Waals surface area contributed by atoms with Gasteiger partial charge in [0.25, 0.3) is 0 Å². The van der Waals surface area contributed by atoms with Crippen LogP contribution in [0.25, 0.3) is 0 Å². The van der Waals surface area contributed by atoms with Gasteiger partial charge in [-0.3, -0.25) is 4.79 Å². The molecule has 132 valence electrons. The second-order valence-corrected chi connectivity index (χ2v) is 6.93. The standard InChI is InChI=1S/C18H16F3NO2S/c19-18(20,21)11-24-14-7-5-12(6-8-14)10-22-17(23)16-9-13-3-1-2-4-15(13)25-16/h1-8,16H,9-11H2,(H,22,23). The number of hydrogen-bond donors (Lipinski definition) is 1. The highest BCUT2D eigenvalue weighted by Crippen LogP contribution is 2.36. The van der Waals surface area contributed by atoms with Gasteiger partial charge in [-0.1, -0.05) is 30.3 Å². The monoisotopic (exact) mass is 367 g/mol. The molecule has 0 bridgehead atoms. The Balaban J connectivity index is 1.48. The van der Waals surface area contributed by atoms with Crippen LogP contribution in [0.1, 0.15) is 11.1 Å².